The van der Waals surface area contributed by atoms with Crippen LogP contribution in [0.4, 0.5) is 21.6 Å². The molecule has 1 aliphatic heterocycles. The lowest BCUT2D eigenvalue weighted by molar-refractivity contribution is -0.124. The molecular weight excluding hydrogens is 794 g/mol. The van der Waals surface area contributed by atoms with E-state index in [9.17, 15) is 23.6 Å². The van der Waals surface area contributed by atoms with E-state index in [4.69, 9.17) is 23.7 Å². The van der Waals surface area contributed by atoms with Crippen LogP contribution in [0.2, 0.25) is 0 Å². The Kier molecular flexibility index (Phi) is 15.2. The van der Waals surface area contributed by atoms with Crippen molar-refractivity contribution in [3.05, 3.63) is 101 Å². The second-order valence-corrected chi connectivity index (χ2v) is 13.8. The summed E-state index contributed by atoms with van der Waals surface area (Å²) in [6.45, 7) is 5.77. The zero-order valence-electron chi connectivity index (χ0n) is 34.1. The average molecular weight is 842 g/mol. The molecule has 0 saturated carbocycles. The first kappa shape index (κ1) is 44.0. The average Bonchev–Trinajstić information content (AvgIpc) is 3.51. The number of aryl methyl sites for hydroxylation is 1. The second kappa shape index (κ2) is 21.1. The molecule has 1 unspecified atom stereocenters. The summed E-state index contributed by atoms with van der Waals surface area (Å²) in [6.07, 6.45) is 5.13. The van der Waals surface area contributed by atoms with Gasteiger partial charge in [-0.3, -0.25) is 23.5 Å². The molecule has 18 nitrogen and oxygen atoms in total. The quantitative estimate of drug-likeness (QED) is 0.0779. The number of ether oxygens (including phenoxy) is 5. The van der Waals surface area contributed by atoms with Crippen molar-refractivity contribution in [2.75, 3.05) is 77.6 Å². The number of halogens is 1. The maximum Gasteiger partial charge on any atom is 0.329 e. The van der Waals surface area contributed by atoms with Gasteiger partial charge in [-0.1, -0.05) is 24.8 Å². The summed E-state index contributed by atoms with van der Waals surface area (Å²) in [5.41, 5.74) is 4.31. The number of piperidine rings is 1. The maximum absolute atomic E-state index is 13.5. The van der Waals surface area contributed by atoms with E-state index in [2.05, 4.69) is 42.8 Å². The summed E-state index contributed by atoms with van der Waals surface area (Å²) in [5, 5.41) is 11.2. The number of carbonyl (C=O) groups is 3. The predicted molar refractivity (Wildman–Crippen MR) is 223 cm³/mol. The van der Waals surface area contributed by atoms with Crippen LogP contribution in [0, 0.1) is 5.82 Å². The molecule has 4 heterocycles. The smallest absolute Gasteiger partial charge is 0.329 e. The Morgan fingerprint density at radius 1 is 0.918 bits per heavy atom. The van der Waals surface area contributed by atoms with E-state index in [1.54, 1.807) is 34.4 Å². The number of imidazole rings is 1. The number of pyridine rings is 1. The van der Waals surface area contributed by atoms with Crippen molar-refractivity contribution in [3.8, 4) is 17.1 Å². The van der Waals surface area contributed by atoms with Gasteiger partial charge in [0, 0.05) is 32.1 Å². The Balaban J connectivity index is 0.878. The predicted octanol–water partition coefficient (Wildman–Crippen LogP) is 3.66. The van der Waals surface area contributed by atoms with E-state index < -0.39 is 23.7 Å². The van der Waals surface area contributed by atoms with Crippen LogP contribution in [0.5, 0.6) is 5.75 Å². The molecule has 1 aliphatic rings. The fraction of sp³-hybridized carbons (Fsp3) is 0.357. The first-order valence-corrected chi connectivity index (χ1v) is 19.5. The van der Waals surface area contributed by atoms with Gasteiger partial charge in [0.05, 0.1) is 99.3 Å². The Labute approximate surface area is 350 Å². The SMILES string of the molecule is C=C1CCC(n2c(=O)n(C)c3c(CCOCCOCCOCCOCC(=O)Nc4cc(Nc5cccc(-c6ncc(F)cn6)c5OC)c(C(=O)NC)cn4)cccc32)C(=O)N1. The molecule has 3 amide bonds. The highest BCUT2D eigenvalue weighted by Crippen LogP contribution is 2.37. The van der Waals surface area contributed by atoms with Crippen molar-refractivity contribution in [3.63, 3.8) is 0 Å². The van der Waals surface area contributed by atoms with Gasteiger partial charge in [-0.25, -0.2) is 24.1 Å². The standard InChI is InChI=1S/C42H48FN9O9/c1-26-11-12-34(41(55)48-26)52-33-10-5-7-27(37(33)51(3)42(52)56)13-14-58-15-16-59-17-18-60-19-20-61-25-36(53)50-35-21-32(30(24-45-35)40(54)44-2)49-31-9-6-8-29(38(31)57-4)39-46-22-28(43)23-47-39/h5-10,21-24,34H,1,11-20,25H2,2-4H3,(H,44,54)(H,48,55)(H2,45,49,50,53). The number of hydrogen-bond donors (Lipinski definition) is 4. The number of nitrogens with one attached hydrogen (secondary N) is 4. The maximum atomic E-state index is 13.5. The molecule has 1 atom stereocenters. The van der Waals surface area contributed by atoms with E-state index in [-0.39, 0.29) is 48.6 Å². The molecule has 0 aliphatic carbocycles. The summed E-state index contributed by atoms with van der Waals surface area (Å²) >= 11 is 0. The number of nitrogens with zero attached hydrogens (tertiary/aromatic N) is 5. The summed E-state index contributed by atoms with van der Waals surface area (Å²) in [4.78, 5) is 63.5. The number of carbonyl (C=O) groups excluding carboxylic acids is 3. The van der Waals surface area contributed by atoms with Gasteiger partial charge >= 0.3 is 5.69 Å². The van der Waals surface area contributed by atoms with Gasteiger partial charge in [0.2, 0.25) is 5.91 Å². The molecular formula is C42H48FN9O9. The van der Waals surface area contributed by atoms with Crippen molar-refractivity contribution >= 4 is 45.9 Å². The van der Waals surface area contributed by atoms with Gasteiger partial charge < -0.3 is 45.0 Å². The lowest BCUT2D eigenvalue weighted by Crippen LogP contribution is -2.40. The largest absolute Gasteiger partial charge is 0.494 e. The Hall–Kier alpha value is -6.54. The number of amides is 3. The number of para-hydroxylation sites is 2. The minimum Gasteiger partial charge on any atom is -0.494 e. The third-order valence-electron chi connectivity index (χ3n) is 9.68. The number of benzene rings is 2. The molecule has 0 radical (unpaired) electrons. The summed E-state index contributed by atoms with van der Waals surface area (Å²) in [5.74, 6) is -0.954. The van der Waals surface area contributed by atoms with Crippen molar-refractivity contribution in [2.24, 2.45) is 7.05 Å². The molecule has 322 valence electrons. The number of anilines is 3. The number of allylic oxidation sites excluding steroid dienone is 1. The number of hydrogen-bond acceptors (Lipinski definition) is 13. The second-order valence-electron chi connectivity index (χ2n) is 13.8. The summed E-state index contributed by atoms with van der Waals surface area (Å²) < 4.78 is 44.6. The lowest BCUT2D eigenvalue weighted by atomic mass is 10.0. The molecule has 19 heteroatoms. The molecule has 4 N–H and O–H groups in total. The van der Waals surface area contributed by atoms with Crippen molar-refractivity contribution < 1.29 is 42.5 Å². The summed E-state index contributed by atoms with van der Waals surface area (Å²) in [6, 6.07) is 11.8. The first-order chi connectivity index (χ1) is 29.6. The molecule has 1 fully saturated rings. The lowest BCUT2D eigenvalue weighted by Gasteiger charge is -2.24. The van der Waals surface area contributed by atoms with Crippen LogP contribution in [0.25, 0.3) is 22.4 Å². The topological polar surface area (TPSA) is 211 Å². The number of methoxy groups -OCH3 is 1. The van der Waals surface area contributed by atoms with Crippen molar-refractivity contribution in [1.29, 1.82) is 0 Å². The van der Waals surface area contributed by atoms with E-state index in [0.29, 0.717) is 86.2 Å². The highest BCUT2D eigenvalue weighted by atomic mass is 19.1. The Morgan fingerprint density at radius 2 is 1.61 bits per heavy atom. The zero-order valence-corrected chi connectivity index (χ0v) is 34.1. The Morgan fingerprint density at radius 3 is 2.30 bits per heavy atom. The molecule has 2 aromatic carbocycles. The van der Waals surface area contributed by atoms with Gasteiger partial charge in [0.25, 0.3) is 11.8 Å². The van der Waals surface area contributed by atoms with E-state index in [1.165, 1.54) is 26.4 Å². The van der Waals surface area contributed by atoms with Crippen molar-refractivity contribution in [2.45, 2.75) is 25.3 Å². The minimum absolute atomic E-state index is 0.158. The van der Waals surface area contributed by atoms with Crippen LogP contribution in [0.15, 0.2) is 78.1 Å². The van der Waals surface area contributed by atoms with E-state index >= 15 is 0 Å². The number of fused-ring (bicyclic) bond motifs is 1. The molecule has 61 heavy (non-hydrogen) atoms. The third-order valence-corrected chi connectivity index (χ3v) is 9.68. The number of aromatic nitrogens is 5. The Bertz CT molecular complexity index is 2420. The van der Waals surface area contributed by atoms with Crippen molar-refractivity contribution in [1.82, 2.24) is 34.7 Å². The van der Waals surface area contributed by atoms with Gasteiger partial charge in [-0.2, -0.15) is 0 Å². The van der Waals surface area contributed by atoms with Crippen LogP contribution in [-0.2, 0) is 42.0 Å². The first-order valence-electron chi connectivity index (χ1n) is 19.5. The van der Waals surface area contributed by atoms with Crippen LogP contribution in [-0.4, -0.2) is 109 Å². The van der Waals surface area contributed by atoms with E-state index in [0.717, 1.165) is 23.5 Å². The molecule has 0 bridgehead atoms. The normalized spacial score (nSPS) is 13.9. The van der Waals surface area contributed by atoms with Gasteiger partial charge in [0.1, 0.15) is 18.5 Å². The monoisotopic (exact) mass is 841 g/mol. The van der Waals surface area contributed by atoms with Crippen LogP contribution >= 0.6 is 0 Å². The van der Waals surface area contributed by atoms with Crippen LogP contribution < -0.4 is 31.7 Å². The molecule has 6 rings (SSSR count). The zero-order chi connectivity index (χ0) is 43.3. The van der Waals surface area contributed by atoms with Gasteiger partial charge in [0.15, 0.2) is 17.4 Å². The fourth-order valence-electron chi connectivity index (χ4n) is 6.79. The highest BCUT2D eigenvalue weighted by molar-refractivity contribution is 6.01. The molecule has 5 aromatic rings. The highest BCUT2D eigenvalue weighted by Gasteiger charge is 2.30. The van der Waals surface area contributed by atoms with Gasteiger partial charge in [-0.05, 0) is 43.0 Å². The number of rotatable bonds is 21. The van der Waals surface area contributed by atoms with Crippen LogP contribution in [0.1, 0.15) is 34.8 Å². The van der Waals surface area contributed by atoms with Crippen LogP contribution in [0.3, 0.4) is 0 Å². The van der Waals surface area contributed by atoms with E-state index in [1.807, 2.05) is 18.2 Å². The summed E-state index contributed by atoms with van der Waals surface area (Å²) in [7, 11) is 4.66. The fourth-order valence-corrected chi connectivity index (χ4v) is 6.79. The molecule has 1 saturated heterocycles. The molecule has 3 aromatic heterocycles. The van der Waals surface area contributed by atoms with Gasteiger partial charge in [-0.15, -0.1) is 0 Å². The third kappa shape index (κ3) is 11.0. The minimum atomic E-state index is -0.588. The molecule has 0 spiro atoms.